The molecule has 1 aromatic carbocycles. The Balaban J connectivity index is 2.53. The quantitative estimate of drug-likeness (QED) is 0.860. The lowest BCUT2D eigenvalue weighted by molar-refractivity contribution is -0.722. The lowest BCUT2D eigenvalue weighted by Crippen LogP contribution is -2.96. The molecule has 0 amide bonds. The van der Waals surface area contributed by atoms with Crippen LogP contribution in [0.1, 0.15) is 20.8 Å². The van der Waals surface area contributed by atoms with Crippen LogP contribution < -0.4 is 10.1 Å². The fraction of sp³-hybridized carbons (Fsp3) is 0.538. The molecule has 0 unspecified atom stereocenters. The van der Waals surface area contributed by atoms with Crippen LogP contribution in [0.5, 0.6) is 5.75 Å². The first-order chi connectivity index (χ1) is 8.69. The summed E-state index contributed by atoms with van der Waals surface area (Å²) >= 11 is 2.98. The molecule has 3 N–H and O–H groups in total. The molecule has 0 aliphatic rings. The smallest absolute Gasteiger partial charge is 0.190 e. The summed E-state index contributed by atoms with van der Waals surface area (Å²) in [5.41, 5.74) is -0.0188. The zero-order valence-corrected chi connectivity index (χ0v) is 12.8. The summed E-state index contributed by atoms with van der Waals surface area (Å²) in [5, 5.41) is 11.6. The summed E-state index contributed by atoms with van der Waals surface area (Å²) in [6.07, 6.45) is -0.790. The summed E-state index contributed by atoms with van der Waals surface area (Å²) in [6, 6.07) is 2.23. The predicted molar refractivity (Wildman–Crippen MR) is 72.1 cm³/mol. The van der Waals surface area contributed by atoms with Crippen molar-refractivity contribution in [1.82, 2.24) is 0 Å². The average Bonchev–Trinajstić information content (AvgIpc) is 2.23. The fourth-order valence-electron chi connectivity index (χ4n) is 1.40. The Morgan fingerprint density at radius 3 is 2.32 bits per heavy atom. The Bertz CT molecular complexity index is 412. The van der Waals surface area contributed by atoms with Gasteiger partial charge in [-0.05, 0) is 32.9 Å². The van der Waals surface area contributed by atoms with E-state index in [1.165, 1.54) is 0 Å². The van der Waals surface area contributed by atoms with Crippen LogP contribution in [0.3, 0.4) is 0 Å². The molecule has 0 aliphatic carbocycles. The molecule has 0 radical (unpaired) electrons. The van der Waals surface area contributed by atoms with Crippen LogP contribution in [-0.4, -0.2) is 29.9 Å². The number of rotatable bonds is 5. The minimum Gasteiger partial charge on any atom is -0.485 e. The van der Waals surface area contributed by atoms with Gasteiger partial charge in [0.05, 0.1) is 5.54 Å². The van der Waals surface area contributed by atoms with Gasteiger partial charge in [-0.25, -0.2) is 8.78 Å². The molecule has 19 heavy (non-hydrogen) atoms. The standard InChI is InChI=1S/C13H18BrF2NO2/c1-13(2,3)17-6-9(18)7-19-12-10(15)4-8(14)5-11(12)16/h4-5,9,17-18H,6-7H2,1-3H3/p+1/t9-/m1/s1. The number of aliphatic hydroxyl groups excluding tert-OH is 1. The number of hydrogen-bond acceptors (Lipinski definition) is 2. The predicted octanol–water partition coefficient (Wildman–Crippen LogP) is 1.83. The molecule has 1 atom stereocenters. The summed E-state index contributed by atoms with van der Waals surface area (Å²) < 4.78 is 32.2. The third-order valence-electron chi connectivity index (χ3n) is 2.39. The van der Waals surface area contributed by atoms with Crippen LogP contribution in [0, 0.1) is 11.6 Å². The molecule has 0 aliphatic heterocycles. The van der Waals surface area contributed by atoms with Crippen LogP contribution >= 0.6 is 15.9 Å². The van der Waals surface area contributed by atoms with Gasteiger partial charge < -0.3 is 15.2 Å². The fourth-order valence-corrected chi connectivity index (χ4v) is 1.81. The van der Waals surface area contributed by atoms with Crippen molar-refractivity contribution in [3.05, 3.63) is 28.2 Å². The lowest BCUT2D eigenvalue weighted by Gasteiger charge is -2.19. The molecule has 0 spiro atoms. The van der Waals surface area contributed by atoms with Gasteiger partial charge in [0.15, 0.2) is 17.4 Å². The molecule has 0 bridgehead atoms. The van der Waals surface area contributed by atoms with Gasteiger partial charge in [-0.15, -0.1) is 0 Å². The van der Waals surface area contributed by atoms with E-state index < -0.39 is 23.5 Å². The molecule has 6 heteroatoms. The van der Waals surface area contributed by atoms with Crippen molar-refractivity contribution in [2.24, 2.45) is 0 Å². The molecule has 0 saturated heterocycles. The Hall–Kier alpha value is -0.720. The minimum atomic E-state index is -0.793. The maximum Gasteiger partial charge on any atom is 0.190 e. The van der Waals surface area contributed by atoms with Gasteiger partial charge in [0.1, 0.15) is 19.3 Å². The van der Waals surface area contributed by atoms with Crippen molar-refractivity contribution in [3.8, 4) is 5.75 Å². The van der Waals surface area contributed by atoms with Crippen molar-refractivity contribution in [2.75, 3.05) is 13.2 Å². The van der Waals surface area contributed by atoms with E-state index in [-0.39, 0.29) is 12.1 Å². The number of hydrogen-bond donors (Lipinski definition) is 2. The normalized spacial score (nSPS) is 13.4. The molecular formula is C13H19BrF2NO2+. The van der Waals surface area contributed by atoms with E-state index in [1.54, 1.807) is 0 Å². The van der Waals surface area contributed by atoms with E-state index >= 15 is 0 Å². The molecule has 1 aromatic rings. The van der Waals surface area contributed by atoms with E-state index in [2.05, 4.69) is 15.9 Å². The number of nitrogens with two attached hydrogens (primary N) is 1. The van der Waals surface area contributed by atoms with Crippen LogP contribution in [-0.2, 0) is 0 Å². The van der Waals surface area contributed by atoms with E-state index in [0.29, 0.717) is 11.0 Å². The second kappa shape index (κ2) is 6.63. The highest BCUT2D eigenvalue weighted by atomic mass is 79.9. The topological polar surface area (TPSA) is 46.1 Å². The van der Waals surface area contributed by atoms with Gasteiger partial charge in [-0.1, -0.05) is 15.9 Å². The summed E-state index contributed by atoms with van der Waals surface area (Å²) in [5.74, 6) is -2.05. The van der Waals surface area contributed by atoms with Gasteiger partial charge in [0.2, 0.25) is 0 Å². The van der Waals surface area contributed by atoms with E-state index in [0.717, 1.165) is 12.1 Å². The van der Waals surface area contributed by atoms with Gasteiger partial charge in [-0.2, -0.15) is 0 Å². The SMILES string of the molecule is CC(C)(C)[NH2+]C[C@@H](O)COc1c(F)cc(Br)cc1F. The highest BCUT2D eigenvalue weighted by molar-refractivity contribution is 9.10. The van der Waals surface area contributed by atoms with Crippen molar-refractivity contribution in [2.45, 2.75) is 32.4 Å². The molecule has 108 valence electrons. The number of quaternary nitrogens is 1. The Morgan fingerprint density at radius 1 is 1.32 bits per heavy atom. The van der Waals surface area contributed by atoms with Crippen molar-refractivity contribution in [3.63, 3.8) is 0 Å². The average molecular weight is 339 g/mol. The van der Waals surface area contributed by atoms with Crippen molar-refractivity contribution >= 4 is 15.9 Å². The summed E-state index contributed by atoms with van der Waals surface area (Å²) in [7, 11) is 0. The Kier molecular flexibility index (Phi) is 5.70. The van der Waals surface area contributed by atoms with Gasteiger partial charge in [0.25, 0.3) is 0 Å². The molecule has 0 heterocycles. The second-order valence-corrected chi connectivity index (χ2v) is 6.38. The highest BCUT2D eigenvalue weighted by Crippen LogP contribution is 2.25. The number of aliphatic hydroxyl groups is 1. The lowest BCUT2D eigenvalue weighted by atomic mass is 10.1. The first-order valence-electron chi connectivity index (χ1n) is 5.99. The third kappa shape index (κ3) is 5.84. The number of benzene rings is 1. The summed E-state index contributed by atoms with van der Waals surface area (Å²) in [4.78, 5) is 0. The highest BCUT2D eigenvalue weighted by Gasteiger charge is 2.18. The Morgan fingerprint density at radius 2 is 1.84 bits per heavy atom. The van der Waals surface area contributed by atoms with Crippen LogP contribution in [0.15, 0.2) is 16.6 Å². The maximum atomic E-state index is 13.5. The molecule has 1 rings (SSSR count). The molecule has 3 nitrogen and oxygen atoms in total. The van der Waals surface area contributed by atoms with Gasteiger partial charge in [-0.3, -0.25) is 0 Å². The Labute approximate surface area is 120 Å². The zero-order valence-electron chi connectivity index (χ0n) is 11.2. The minimum absolute atomic E-state index is 0.0188. The first kappa shape index (κ1) is 16.3. The van der Waals surface area contributed by atoms with Crippen LogP contribution in [0.25, 0.3) is 0 Å². The first-order valence-corrected chi connectivity index (χ1v) is 6.78. The van der Waals surface area contributed by atoms with Crippen molar-refractivity contribution < 1.29 is 23.9 Å². The van der Waals surface area contributed by atoms with Crippen LogP contribution in [0.2, 0.25) is 0 Å². The van der Waals surface area contributed by atoms with E-state index in [4.69, 9.17) is 4.74 Å². The second-order valence-electron chi connectivity index (χ2n) is 5.47. The molecular weight excluding hydrogens is 320 g/mol. The summed E-state index contributed by atoms with van der Waals surface area (Å²) in [6.45, 7) is 6.28. The maximum absolute atomic E-state index is 13.5. The van der Waals surface area contributed by atoms with Gasteiger partial charge >= 0.3 is 0 Å². The molecule has 0 saturated carbocycles. The van der Waals surface area contributed by atoms with E-state index in [1.807, 2.05) is 26.1 Å². The van der Waals surface area contributed by atoms with E-state index in [9.17, 15) is 13.9 Å². The largest absolute Gasteiger partial charge is 0.485 e. The monoisotopic (exact) mass is 338 g/mol. The van der Waals surface area contributed by atoms with Crippen LogP contribution in [0.4, 0.5) is 8.78 Å². The van der Waals surface area contributed by atoms with Crippen molar-refractivity contribution in [1.29, 1.82) is 0 Å². The zero-order chi connectivity index (χ0) is 14.6. The van der Waals surface area contributed by atoms with Gasteiger partial charge in [0, 0.05) is 4.47 Å². The molecule has 0 fully saturated rings. The number of ether oxygens (including phenoxy) is 1. The number of halogens is 3. The third-order valence-corrected chi connectivity index (χ3v) is 2.84. The molecule has 0 aromatic heterocycles.